The van der Waals surface area contributed by atoms with Crippen molar-refractivity contribution in [1.82, 2.24) is 19.4 Å². The van der Waals surface area contributed by atoms with E-state index >= 15 is 0 Å². The number of carbonyl (C=O) groups excluding carboxylic acids is 1. The summed E-state index contributed by atoms with van der Waals surface area (Å²) in [6.45, 7) is 0. The number of imidazole rings is 1. The molecule has 0 fully saturated rings. The molecule has 0 saturated heterocycles. The lowest BCUT2D eigenvalue weighted by molar-refractivity contribution is -0.137. The van der Waals surface area contributed by atoms with Gasteiger partial charge in [-0.05, 0) is 42.5 Å². The van der Waals surface area contributed by atoms with E-state index in [-0.39, 0.29) is 11.5 Å². The zero-order chi connectivity index (χ0) is 23.7. The number of hydrogen-bond acceptors (Lipinski definition) is 5. The number of nitrogens with zero attached hydrogens (tertiary/aromatic N) is 4. The van der Waals surface area contributed by atoms with E-state index in [0.29, 0.717) is 0 Å². The van der Waals surface area contributed by atoms with Gasteiger partial charge in [0.05, 0.1) is 17.5 Å². The molecular formula is C23H15F3N6OS. The maximum Gasteiger partial charge on any atom is 0.416 e. The van der Waals surface area contributed by atoms with Crippen LogP contribution in [0, 0.1) is 0 Å². The number of rotatable bonds is 4. The molecule has 2 amide bonds. The minimum atomic E-state index is -4.49. The van der Waals surface area contributed by atoms with Crippen molar-refractivity contribution in [2.24, 2.45) is 0 Å². The SMILES string of the molecule is O=C(Nc1cccc(C(F)(F)F)c1)Nc1ccc(-c2cnc3cc(-c4nccs4)ccn23)cn1. The van der Waals surface area contributed by atoms with Gasteiger partial charge in [-0.1, -0.05) is 6.07 Å². The van der Waals surface area contributed by atoms with Gasteiger partial charge in [-0.25, -0.2) is 19.7 Å². The van der Waals surface area contributed by atoms with Crippen LogP contribution in [-0.4, -0.2) is 25.4 Å². The maximum atomic E-state index is 12.8. The van der Waals surface area contributed by atoms with Crippen molar-refractivity contribution in [3.63, 3.8) is 0 Å². The summed E-state index contributed by atoms with van der Waals surface area (Å²) in [5, 5.41) is 7.71. The second kappa shape index (κ2) is 8.60. The first-order chi connectivity index (χ1) is 16.4. The normalized spacial score (nSPS) is 11.5. The van der Waals surface area contributed by atoms with E-state index < -0.39 is 17.8 Å². The quantitative estimate of drug-likeness (QED) is 0.322. The molecular weight excluding hydrogens is 465 g/mol. The van der Waals surface area contributed by atoms with Crippen LogP contribution in [0.2, 0.25) is 0 Å². The van der Waals surface area contributed by atoms with Crippen LogP contribution in [0.25, 0.3) is 27.5 Å². The van der Waals surface area contributed by atoms with Crippen molar-refractivity contribution in [3.05, 3.63) is 84.3 Å². The second-order valence-electron chi connectivity index (χ2n) is 7.21. The highest BCUT2D eigenvalue weighted by Gasteiger charge is 2.30. The molecule has 0 unspecified atom stereocenters. The lowest BCUT2D eigenvalue weighted by atomic mass is 10.2. The molecule has 0 atom stereocenters. The fourth-order valence-electron chi connectivity index (χ4n) is 3.36. The van der Waals surface area contributed by atoms with E-state index in [9.17, 15) is 18.0 Å². The molecule has 4 aromatic heterocycles. The summed E-state index contributed by atoms with van der Waals surface area (Å²) < 4.78 is 40.4. The molecule has 7 nitrogen and oxygen atoms in total. The molecule has 4 heterocycles. The first-order valence-corrected chi connectivity index (χ1v) is 10.8. The van der Waals surface area contributed by atoms with Gasteiger partial charge in [0.1, 0.15) is 16.5 Å². The van der Waals surface area contributed by atoms with Gasteiger partial charge in [-0.2, -0.15) is 13.2 Å². The number of carbonyl (C=O) groups is 1. The van der Waals surface area contributed by atoms with Crippen LogP contribution in [0.15, 0.2) is 78.7 Å². The molecule has 0 aliphatic rings. The monoisotopic (exact) mass is 480 g/mol. The number of halogens is 3. The van der Waals surface area contributed by atoms with E-state index in [1.807, 2.05) is 28.1 Å². The third-order valence-corrected chi connectivity index (χ3v) is 5.76. The Labute approximate surface area is 195 Å². The number of nitrogens with one attached hydrogen (secondary N) is 2. The predicted molar refractivity (Wildman–Crippen MR) is 124 cm³/mol. The fraction of sp³-hybridized carbons (Fsp3) is 0.0435. The minimum absolute atomic E-state index is 0.0202. The summed E-state index contributed by atoms with van der Waals surface area (Å²) in [6, 6.07) is 11.0. The fourth-order valence-corrected chi connectivity index (χ4v) is 4.00. The van der Waals surface area contributed by atoms with Gasteiger partial charge in [0.25, 0.3) is 0 Å². The molecule has 0 bridgehead atoms. The molecule has 170 valence electrons. The Balaban J connectivity index is 1.29. The van der Waals surface area contributed by atoms with Gasteiger partial charge in [-0.15, -0.1) is 11.3 Å². The van der Waals surface area contributed by atoms with Crippen molar-refractivity contribution in [1.29, 1.82) is 0 Å². The standard InChI is InChI=1S/C23H15F3N6OS/c24-23(25,26)16-2-1-3-17(11-16)30-22(33)31-19-5-4-15(12-28-19)18-13-29-20-10-14(6-8-32(18)20)21-27-7-9-34-21/h1-13H,(H2,28,30,31,33). The van der Waals surface area contributed by atoms with Crippen LogP contribution in [0.5, 0.6) is 0 Å². The number of alkyl halides is 3. The summed E-state index contributed by atoms with van der Waals surface area (Å²) >= 11 is 1.55. The van der Waals surface area contributed by atoms with E-state index in [1.165, 1.54) is 12.1 Å². The van der Waals surface area contributed by atoms with Gasteiger partial charge < -0.3 is 5.32 Å². The first-order valence-electron chi connectivity index (χ1n) is 9.95. The molecule has 0 aliphatic heterocycles. The molecule has 5 rings (SSSR count). The number of thiazole rings is 1. The van der Waals surface area contributed by atoms with Crippen molar-refractivity contribution < 1.29 is 18.0 Å². The number of hydrogen-bond donors (Lipinski definition) is 2. The Bertz CT molecular complexity index is 1460. The Kier molecular flexibility index (Phi) is 5.46. The zero-order valence-electron chi connectivity index (χ0n) is 17.2. The average molecular weight is 480 g/mol. The zero-order valence-corrected chi connectivity index (χ0v) is 18.1. The van der Waals surface area contributed by atoms with Gasteiger partial charge >= 0.3 is 12.2 Å². The van der Waals surface area contributed by atoms with Crippen molar-refractivity contribution in [3.8, 4) is 21.8 Å². The van der Waals surface area contributed by atoms with Crippen molar-refractivity contribution in [2.75, 3.05) is 10.6 Å². The van der Waals surface area contributed by atoms with E-state index in [0.717, 1.165) is 39.6 Å². The van der Waals surface area contributed by atoms with Crippen molar-refractivity contribution >= 4 is 34.5 Å². The lowest BCUT2D eigenvalue weighted by Gasteiger charge is -2.10. The summed E-state index contributed by atoms with van der Waals surface area (Å²) in [5.74, 6) is 0.244. The average Bonchev–Trinajstić information content (AvgIpc) is 3.49. The third kappa shape index (κ3) is 4.46. The van der Waals surface area contributed by atoms with E-state index in [4.69, 9.17) is 0 Å². The Hall–Kier alpha value is -4.25. The van der Waals surface area contributed by atoms with E-state index in [1.54, 1.807) is 42.1 Å². The molecule has 0 radical (unpaired) electrons. The van der Waals surface area contributed by atoms with Crippen LogP contribution < -0.4 is 10.6 Å². The summed E-state index contributed by atoms with van der Waals surface area (Å²) in [5.41, 5.74) is 2.49. The first kappa shape index (κ1) is 21.6. The molecule has 5 aromatic rings. The number of fused-ring (bicyclic) bond motifs is 1. The lowest BCUT2D eigenvalue weighted by Crippen LogP contribution is -2.20. The number of anilines is 2. The predicted octanol–water partition coefficient (Wildman–Crippen LogP) is 6.18. The largest absolute Gasteiger partial charge is 0.416 e. The van der Waals surface area contributed by atoms with Crippen LogP contribution in [0.3, 0.4) is 0 Å². The summed E-state index contributed by atoms with van der Waals surface area (Å²) in [4.78, 5) is 25.2. The molecule has 0 saturated carbocycles. The topological polar surface area (TPSA) is 84.2 Å². The van der Waals surface area contributed by atoms with Gasteiger partial charge in [0.15, 0.2) is 0 Å². The molecule has 11 heteroatoms. The van der Waals surface area contributed by atoms with Gasteiger partial charge in [-0.3, -0.25) is 9.72 Å². The Morgan fingerprint density at radius 3 is 2.56 bits per heavy atom. The van der Waals surface area contributed by atoms with Gasteiger partial charge in [0, 0.05) is 40.8 Å². The number of amides is 2. The van der Waals surface area contributed by atoms with Crippen molar-refractivity contribution in [2.45, 2.75) is 6.18 Å². The molecule has 34 heavy (non-hydrogen) atoms. The maximum absolute atomic E-state index is 12.8. The molecule has 1 aromatic carbocycles. The third-order valence-electron chi connectivity index (χ3n) is 4.94. The number of urea groups is 1. The number of benzene rings is 1. The summed E-state index contributed by atoms with van der Waals surface area (Å²) in [6.07, 6.45) is 2.47. The highest BCUT2D eigenvalue weighted by Crippen LogP contribution is 2.31. The molecule has 0 spiro atoms. The van der Waals surface area contributed by atoms with Gasteiger partial charge in [0.2, 0.25) is 0 Å². The second-order valence-corrected chi connectivity index (χ2v) is 8.11. The number of aromatic nitrogens is 4. The van der Waals surface area contributed by atoms with Crippen LogP contribution in [-0.2, 0) is 6.18 Å². The smallest absolute Gasteiger partial charge is 0.308 e. The summed E-state index contributed by atoms with van der Waals surface area (Å²) in [7, 11) is 0. The van der Waals surface area contributed by atoms with E-state index in [2.05, 4.69) is 25.6 Å². The van der Waals surface area contributed by atoms with Crippen LogP contribution in [0.1, 0.15) is 5.56 Å². The highest BCUT2D eigenvalue weighted by atomic mass is 32.1. The van der Waals surface area contributed by atoms with Crippen LogP contribution >= 0.6 is 11.3 Å². The molecule has 0 aliphatic carbocycles. The Morgan fingerprint density at radius 1 is 0.941 bits per heavy atom. The molecule has 2 N–H and O–H groups in total. The Morgan fingerprint density at radius 2 is 1.82 bits per heavy atom. The number of pyridine rings is 2. The highest BCUT2D eigenvalue weighted by molar-refractivity contribution is 7.13. The van der Waals surface area contributed by atoms with Crippen LogP contribution in [0.4, 0.5) is 29.5 Å². The minimum Gasteiger partial charge on any atom is -0.308 e.